The van der Waals surface area contributed by atoms with Crippen molar-refractivity contribution in [3.63, 3.8) is 0 Å². The summed E-state index contributed by atoms with van der Waals surface area (Å²) in [6.07, 6.45) is 1.77. The molecule has 2 heterocycles. The topological polar surface area (TPSA) is 56.6 Å². The number of anilines is 1. The standard InChI is InChI=1S/C20H19N3O3/c1-14-7-8-18(25-2)17(13-14)23-10-9-15(21-23)20(24)22-11-12-26-19-6-4-3-5-16(19)22/h3-10,13H,11-12H2,1-2H3. The lowest BCUT2D eigenvalue weighted by atomic mass is 10.2. The highest BCUT2D eigenvalue weighted by Crippen LogP contribution is 2.32. The van der Waals surface area contributed by atoms with Gasteiger partial charge in [0.25, 0.3) is 5.91 Å². The number of nitrogens with zero attached hydrogens (tertiary/aromatic N) is 3. The lowest BCUT2D eigenvalue weighted by molar-refractivity contribution is 0.0971. The van der Waals surface area contributed by atoms with E-state index in [4.69, 9.17) is 9.47 Å². The predicted molar refractivity (Wildman–Crippen MR) is 98.5 cm³/mol. The smallest absolute Gasteiger partial charge is 0.279 e. The normalized spacial score (nSPS) is 13.1. The van der Waals surface area contributed by atoms with Crippen LogP contribution in [0.5, 0.6) is 11.5 Å². The van der Waals surface area contributed by atoms with Crippen molar-refractivity contribution in [1.82, 2.24) is 9.78 Å². The van der Waals surface area contributed by atoms with Crippen LogP contribution >= 0.6 is 0 Å². The highest BCUT2D eigenvalue weighted by atomic mass is 16.5. The number of benzene rings is 2. The zero-order valence-corrected chi connectivity index (χ0v) is 14.7. The van der Waals surface area contributed by atoms with Gasteiger partial charge in [0.2, 0.25) is 0 Å². The monoisotopic (exact) mass is 349 g/mol. The third-order valence-corrected chi connectivity index (χ3v) is 4.36. The number of carbonyl (C=O) groups excluding carboxylic acids is 1. The molecule has 1 aromatic heterocycles. The molecule has 6 heteroatoms. The number of hydrogen-bond donors (Lipinski definition) is 0. The number of hydrogen-bond acceptors (Lipinski definition) is 4. The molecule has 0 atom stereocenters. The molecular formula is C20H19N3O3. The Morgan fingerprint density at radius 2 is 2.00 bits per heavy atom. The molecule has 0 unspecified atom stereocenters. The van der Waals surface area contributed by atoms with Crippen molar-refractivity contribution >= 4 is 11.6 Å². The molecule has 0 radical (unpaired) electrons. The molecule has 0 fully saturated rings. The van der Waals surface area contributed by atoms with Gasteiger partial charge in [-0.25, -0.2) is 4.68 Å². The van der Waals surface area contributed by atoms with Gasteiger partial charge >= 0.3 is 0 Å². The first-order valence-corrected chi connectivity index (χ1v) is 8.42. The summed E-state index contributed by atoms with van der Waals surface area (Å²) < 4.78 is 12.7. The number of ether oxygens (including phenoxy) is 2. The van der Waals surface area contributed by atoms with Crippen molar-refractivity contribution in [3.05, 3.63) is 66.0 Å². The maximum Gasteiger partial charge on any atom is 0.279 e. The molecular weight excluding hydrogens is 330 g/mol. The molecule has 0 saturated carbocycles. The van der Waals surface area contributed by atoms with Gasteiger partial charge in [-0.1, -0.05) is 18.2 Å². The number of methoxy groups -OCH3 is 1. The second-order valence-electron chi connectivity index (χ2n) is 6.09. The molecule has 1 aliphatic heterocycles. The highest BCUT2D eigenvalue weighted by molar-refractivity contribution is 6.05. The fourth-order valence-corrected chi connectivity index (χ4v) is 3.07. The average Bonchev–Trinajstić information content (AvgIpc) is 3.17. The van der Waals surface area contributed by atoms with Gasteiger partial charge in [0, 0.05) is 6.20 Å². The molecule has 0 N–H and O–H groups in total. The number of fused-ring (bicyclic) bond motifs is 1. The SMILES string of the molecule is COc1ccc(C)cc1-n1ccc(C(=O)N2CCOc3ccccc32)n1. The summed E-state index contributed by atoms with van der Waals surface area (Å²) in [5.41, 5.74) is 3.04. The zero-order valence-electron chi connectivity index (χ0n) is 14.7. The van der Waals surface area contributed by atoms with Gasteiger partial charge in [-0.05, 0) is 42.8 Å². The molecule has 0 aliphatic carbocycles. The van der Waals surface area contributed by atoms with Crippen LogP contribution in [0.15, 0.2) is 54.7 Å². The number of carbonyl (C=O) groups is 1. The van der Waals surface area contributed by atoms with E-state index in [0.717, 1.165) is 16.9 Å². The van der Waals surface area contributed by atoms with Crippen molar-refractivity contribution in [1.29, 1.82) is 0 Å². The largest absolute Gasteiger partial charge is 0.494 e. The summed E-state index contributed by atoms with van der Waals surface area (Å²) in [6, 6.07) is 15.1. The summed E-state index contributed by atoms with van der Waals surface area (Å²) in [6.45, 7) is 2.97. The first-order valence-electron chi connectivity index (χ1n) is 8.42. The van der Waals surface area contributed by atoms with Crippen molar-refractivity contribution < 1.29 is 14.3 Å². The van der Waals surface area contributed by atoms with E-state index >= 15 is 0 Å². The molecule has 1 aliphatic rings. The fourth-order valence-electron chi connectivity index (χ4n) is 3.07. The molecule has 4 rings (SSSR count). The molecule has 26 heavy (non-hydrogen) atoms. The Balaban J connectivity index is 1.67. The van der Waals surface area contributed by atoms with Crippen molar-refractivity contribution in [2.24, 2.45) is 0 Å². The van der Waals surface area contributed by atoms with Crippen LogP contribution in [0.3, 0.4) is 0 Å². The van der Waals surface area contributed by atoms with E-state index in [1.165, 1.54) is 0 Å². The number of aryl methyl sites for hydroxylation is 1. The highest BCUT2D eigenvalue weighted by Gasteiger charge is 2.26. The van der Waals surface area contributed by atoms with Crippen LogP contribution in [-0.2, 0) is 0 Å². The van der Waals surface area contributed by atoms with E-state index in [9.17, 15) is 4.79 Å². The first kappa shape index (κ1) is 16.2. The fraction of sp³-hybridized carbons (Fsp3) is 0.200. The van der Waals surface area contributed by atoms with Crippen LogP contribution in [0.4, 0.5) is 5.69 Å². The Kier molecular flexibility index (Phi) is 4.08. The van der Waals surface area contributed by atoms with E-state index in [0.29, 0.717) is 30.3 Å². The molecule has 132 valence electrons. The van der Waals surface area contributed by atoms with E-state index in [-0.39, 0.29) is 5.91 Å². The van der Waals surface area contributed by atoms with Crippen LogP contribution in [0.2, 0.25) is 0 Å². The van der Waals surface area contributed by atoms with Gasteiger partial charge < -0.3 is 14.4 Å². The van der Waals surface area contributed by atoms with Gasteiger partial charge in [-0.2, -0.15) is 5.10 Å². The predicted octanol–water partition coefficient (Wildman–Crippen LogP) is 3.23. The van der Waals surface area contributed by atoms with Crippen molar-refractivity contribution in [3.8, 4) is 17.2 Å². The lowest BCUT2D eigenvalue weighted by Crippen LogP contribution is -2.38. The van der Waals surface area contributed by atoms with Gasteiger partial charge in [0.15, 0.2) is 5.69 Å². The van der Waals surface area contributed by atoms with Crippen molar-refractivity contribution in [2.75, 3.05) is 25.2 Å². The Morgan fingerprint density at radius 3 is 2.85 bits per heavy atom. The van der Waals surface area contributed by atoms with Crippen molar-refractivity contribution in [2.45, 2.75) is 6.92 Å². The quantitative estimate of drug-likeness (QED) is 0.728. The van der Waals surface area contributed by atoms with Crippen LogP contribution in [-0.4, -0.2) is 35.9 Å². The first-order chi connectivity index (χ1) is 12.7. The van der Waals surface area contributed by atoms with Crippen LogP contribution in [0.25, 0.3) is 5.69 Å². The Labute approximate surface area is 151 Å². The third kappa shape index (κ3) is 2.79. The van der Waals surface area contributed by atoms with E-state index in [1.54, 1.807) is 29.0 Å². The Bertz CT molecular complexity index is 964. The van der Waals surface area contributed by atoms with Gasteiger partial charge in [0.05, 0.1) is 19.3 Å². The molecule has 0 bridgehead atoms. The second kappa shape index (κ2) is 6.55. The molecule has 6 nitrogen and oxygen atoms in total. The van der Waals surface area contributed by atoms with Crippen LogP contribution in [0.1, 0.15) is 16.1 Å². The van der Waals surface area contributed by atoms with Gasteiger partial charge in [0.1, 0.15) is 23.8 Å². The average molecular weight is 349 g/mol. The van der Waals surface area contributed by atoms with E-state index in [1.807, 2.05) is 49.4 Å². The van der Waals surface area contributed by atoms with E-state index in [2.05, 4.69) is 5.10 Å². The Morgan fingerprint density at radius 1 is 1.15 bits per heavy atom. The number of rotatable bonds is 3. The maximum atomic E-state index is 13.0. The number of aromatic nitrogens is 2. The maximum absolute atomic E-state index is 13.0. The molecule has 0 spiro atoms. The second-order valence-corrected chi connectivity index (χ2v) is 6.09. The molecule has 2 aromatic carbocycles. The van der Waals surface area contributed by atoms with Crippen LogP contribution < -0.4 is 14.4 Å². The minimum absolute atomic E-state index is 0.147. The summed E-state index contributed by atoms with van der Waals surface area (Å²) in [5, 5.41) is 4.48. The number of amides is 1. The zero-order chi connectivity index (χ0) is 18.1. The minimum atomic E-state index is -0.147. The van der Waals surface area contributed by atoms with Crippen LogP contribution in [0, 0.1) is 6.92 Å². The van der Waals surface area contributed by atoms with Gasteiger partial charge in [-0.3, -0.25) is 4.79 Å². The Hall–Kier alpha value is -3.28. The van der Waals surface area contributed by atoms with E-state index < -0.39 is 0 Å². The lowest BCUT2D eigenvalue weighted by Gasteiger charge is -2.28. The summed E-state index contributed by atoms with van der Waals surface area (Å²) in [7, 11) is 1.62. The molecule has 1 amide bonds. The number of para-hydroxylation sites is 2. The third-order valence-electron chi connectivity index (χ3n) is 4.36. The van der Waals surface area contributed by atoms with Gasteiger partial charge in [-0.15, -0.1) is 0 Å². The summed E-state index contributed by atoms with van der Waals surface area (Å²) in [4.78, 5) is 14.7. The summed E-state index contributed by atoms with van der Waals surface area (Å²) in [5.74, 6) is 1.27. The summed E-state index contributed by atoms with van der Waals surface area (Å²) >= 11 is 0. The molecule has 3 aromatic rings. The molecule has 0 saturated heterocycles. The minimum Gasteiger partial charge on any atom is -0.494 e.